The van der Waals surface area contributed by atoms with Crippen LogP contribution in [0.1, 0.15) is 29.5 Å². The number of nitrogens with one attached hydrogen (secondary N) is 1. The number of hydrogen-bond acceptors (Lipinski definition) is 4. The number of amides is 1. The Morgan fingerprint density at radius 1 is 1.23 bits per heavy atom. The lowest BCUT2D eigenvalue weighted by atomic mass is 10.0. The van der Waals surface area contributed by atoms with Crippen LogP contribution in [0.25, 0.3) is 11.0 Å². The lowest BCUT2D eigenvalue weighted by Crippen LogP contribution is -2.45. The van der Waals surface area contributed by atoms with E-state index in [-0.39, 0.29) is 18.4 Å². The molecule has 2 aromatic heterocycles. The van der Waals surface area contributed by atoms with E-state index in [0.29, 0.717) is 31.7 Å². The summed E-state index contributed by atoms with van der Waals surface area (Å²) in [6.45, 7) is 3.23. The Labute approximate surface area is 171 Å². The first-order chi connectivity index (χ1) is 14.3. The molecule has 1 saturated heterocycles. The fourth-order valence-electron chi connectivity index (χ4n) is 3.77. The molecule has 158 valence electrons. The van der Waals surface area contributed by atoms with Crippen molar-refractivity contribution in [2.45, 2.75) is 38.4 Å². The molecule has 3 aromatic rings. The number of furan rings is 1. The van der Waals surface area contributed by atoms with Crippen LogP contribution in [0.5, 0.6) is 0 Å². The van der Waals surface area contributed by atoms with Crippen molar-refractivity contribution in [1.82, 2.24) is 10.3 Å². The Morgan fingerprint density at radius 2 is 2.00 bits per heavy atom. The maximum atomic E-state index is 12.7. The number of aryl methyl sites for hydroxylation is 1. The standard InChI is InChI=1S/C22H22F3N3O2/c1-14-2-4-18-15(13-30-19(18)10-14)11-21(29)27-17-6-8-28(9-7-17)20-5-3-16(12-26-20)22(23,24)25/h2-5,10,12-13,17H,6-9,11H2,1H3,(H,27,29). The highest BCUT2D eigenvalue weighted by atomic mass is 19.4. The number of rotatable bonds is 4. The molecule has 1 aliphatic heterocycles. The zero-order valence-electron chi connectivity index (χ0n) is 16.5. The molecule has 1 fully saturated rings. The molecule has 0 radical (unpaired) electrons. The second kappa shape index (κ2) is 8.01. The fraction of sp³-hybridized carbons (Fsp3) is 0.364. The van der Waals surface area contributed by atoms with Crippen LogP contribution >= 0.6 is 0 Å². The van der Waals surface area contributed by atoms with E-state index in [9.17, 15) is 18.0 Å². The van der Waals surface area contributed by atoms with E-state index in [1.54, 1.807) is 6.26 Å². The summed E-state index contributed by atoms with van der Waals surface area (Å²) in [5.41, 5.74) is 1.97. The van der Waals surface area contributed by atoms with E-state index in [1.165, 1.54) is 6.07 Å². The molecular formula is C22H22F3N3O2. The van der Waals surface area contributed by atoms with Crippen LogP contribution in [-0.2, 0) is 17.4 Å². The summed E-state index contributed by atoms with van der Waals surface area (Å²) in [7, 11) is 0. The topological polar surface area (TPSA) is 58.4 Å². The molecule has 5 nitrogen and oxygen atoms in total. The molecule has 1 N–H and O–H groups in total. The van der Waals surface area contributed by atoms with Crippen LogP contribution in [0.2, 0.25) is 0 Å². The van der Waals surface area contributed by atoms with Crippen molar-refractivity contribution in [2.75, 3.05) is 18.0 Å². The number of carbonyl (C=O) groups is 1. The van der Waals surface area contributed by atoms with E-state index in [4.69, 9.17) is 4.42 Å². The molecule has 0 atom stereocenters. The van der Waals surface area contributed by atoms with E-state index in [0.717, 1.165) is 34.4 Å². The third kappa shape index (κ3) is 4.42. The Morgan fingerprint density at radius 3 is 2.67 bits per heavy atom. The number of carbonyl (C=O) groups excluding carboxylic acids is 1. The van der Waals surface area contributed by atoms with Gasteiger partial charge in [0.25, 0.3) is 0 Å². The van der Waals surface area contributed by atoms with E-state index in [1.807, 2.05) is 30.0 Å². The zero-order chi connectivity index (χ0) is 21.3. The normalized spacial score (nSPS) is 15.5. The van der Waals surface area contributed by atoms with E-state index < -0.39 is 11.7 Å². The van der Waals surface area contributed by atoms with Crippen molar-refractivity contribution >= 4 is 22.7 Å². The van der Waals surface area contributed by atoms with Crippen molar-refractivity contribution in [2.24, 2.45) is 0 Å². The molecule has 0 unspecified atom stereocenters. The summed E-state index contributed by atoms with van der Waals surface area (Å²) >= 11 is 0. The van der Waals surface area contributed by atoms with Crippen LogP contribution in [0, 0.1) is 6.92 Å². The Kier molecular flexibility index (Phi) is 5.40. The van der Waals surface area contributed by atoms with Crippen molar-refractivity contribution in [3.63, 3.8) is 0 Å². The van der Waals surface area contributed by atoms with Crippen LogP contribution in [-0.4, -0.2) is 30.0 Å². The first-order valence-electron chi connectivity index (χ1n) is 9.84. The summed E-state index contributed by atoms with van der Waals surface area (Å²) < 4.78 is 43.6. The predicted molar refractivity (Wildman–Crippen MR) is 107 cm³/mol. The lowest BCUT2D eigenvalue weighted by molar-refractivity contribution is -0.137. The number of piperidine rings is 1. The molecule has 8 heteroatoms. The monoisotopic (exact) mass is 417 g/mol. The van der Waals surface area contributed by atoms with Crippen LogP contribution < -0.4 is 10.2 Å². The quantitative estimate of drug-likeness (QED) is 0.680. The highest BCUT2D eigenvalue weighted by molar-refractivity contribution is 5.88. The third-order valence-corrected chi connectivity index (χ3v) is 5.42. The Bertz CT molecular complexity index is 1040. The van der Waals surface area contributed by atoms with Gasteiger partial charge >= 0.3 is 6.18 Å². The molecular weight excluding hydrogens is 395 g/mol. The van der Waals surface area contributed by atoms with Crippen LogP contribution in [0.3, 0.4) is 0 Å². The average Bonchev–Trinajstić information content (AvgIpc) is 3.09. The second-order valence-electron chi connectivity index (χ2n) is 7.67. The number of aromatic nitrogens is 1. The largest absolute Gasteiger partial charge is 0.464 e. The van der Waals surface area contributed by atoms with Gasteiger partial charge in [-0.3, -0.25) is 4.79 Å². The van der Waals surface area contributed by atoms with Gasteiger partial charge in [-0.25, -0.2) is 4.98 Å². The molecule has 1 aliphatic rings. The van der Waals surface area contributed by atoms with Crippen molar-refractivity contribution in [1.29, 1.82) is 0 Å². The maximum Gasteiger partial charge on any atom is 0.417 e. The first kappa shape index (κ1) is 20.3. The van der Waals surface area contributed by atoms with Gasteiger partial charge in [-0.2, -0.15) is 13.2 Å². The summed E-state index contributed by atoms with van der Waals surface area (Å²) in [4.78, 5) is 18.4. The van der Waals surface area contributed by atoms with Crippen molar-refractivity contribution in [3.05, 3.63) is 59.5 Å². The summed E-state index contributed by atoms with van der Waals surface area (Å²) in [5.74, 6) is 0.456. The smallest absolute Gasteiger partial charge is 0.417 e. The fourth-order valence-corrected chi connectivity index (χ4v) is 3.77. The molecule has 4 rings (SSSR count). The van der Waals surface area contributed by atoms with Gasteiger partial charge in [-0.1, -0.05) is 12.1 Å². The number of alkyl halides is 3. The van der Waals surface area contributed by atoms with Gasteiger partial charge in [0, 0.05) is 36.3 Å². The molecule has 0 aliphatic carbocycles. The molecule has 1 aromatic carbocycles. The second-order valence-corrected chi connectivity index (χ2v) is 7.67. The van der Waals surface area contributed by atoms with Gasteiger partial charge in [-0.05, 0) is 43.5 Å². The number of fused-ring (bicyclic) bond motifs is 1. The lowest BCUT2D eigenvalue weighted by Gasteiger charge is -2.33. The van der Waals surface area contributed by atoms with Crippen molar-refractivity contribution in [3.8, 4) is 0 Å². The Balaban J connectivity index is 1.30. The van der Waals surface area contributed by atoms with Gasteiger partial charge in [0.05, 0.1) is 18.2 Å². The van der Waals surface area contributed by atoms with Crippen LogP contribution in [0.4, 0.5) is 19.0 Å². The molecule has 3 heterocycles. The van der Waals surface area contributed by atoms with Gasteiger partial charge < -0.3 is 14.6 Å². The number of pyridine rings is 1. The summed E-state index contributed by atoms with van der Waals surface area (Å²) in [6.07, 6.45) is -0.235. The van der Waals surface area contributed by atoms with Gasteiger partial charge in [0.2, 0.25) is 5.91 Å². The number of halogens is 3. The highest BCUT2D eigenvalue weighted by Gasteiger charge is 2.31. The summed E-state index contributed by atoms with van der Waals surface area (Å²) in [6, 6.07) is 8.38. The molecule has 30 heavy (non-hydrogen) atoms. The predicted octanol–water partition coefficient (Wildman–Crippen LogP) is 4.48. The SMILES string of the molecule is Cc1ccc2c(CC(=O)NC3CCN(c4ccc(C(F)(F)F)cn4)CC3)coc2c1. The average molecular weight is 417 g/mol. The molecule has 0 saturated carbocycles. The van der Waals surface area contributed by atoms with Crippen LogP contribution in [0.15, 0.2) is 47.2 Å². The highest BCUT2D eigenvalue weighted by Crippen LogP contribution is 2.30. The van der Waals surface area contributed by atoms with Crippen molar-refractivity contribution < 1.29 is 22.4 Å². The third-order valence-electron chi connectivity index (χ3n) is 5.42. The Hall–Kier alpha value is -3.03. The minimum Gasteiger partial charge on any atom is -0.464 e. The molecule has 0 bridgehead atoms. The number of nitrogens with zero attached hydrogens (tertiary/aromatic N) is 2. The van der Waals surface area contributed by atoms with Gasteiger partial charge in [-0.15, -0.1) is 0 Å². The van der Waals surface area contributed by atoms with Gasteiger partial charge in [0.15, 0.2) is 0 Å². The summed E-state index contributed by atoms with van der Waals surface area (Å²) in [5, 5.41) is 4.00. The first-order valence-corrected chi connectivity index (χ1v) is 9.84. The minimum atomic E-state index is -4.39. The number of benzene rings is 1. The number of anilines is 1. The molecule has 0 spiro atoms. The minimum absolute atomic E-state index is 0.0311. The van der Waals surface area contributed by atoms with E-state index >= 15 is 0 Å². The molecule has 1 amide bonds. The van der Waals surface area contributed by atoms with Gasteiger partial charge in [0.1, 0.15) is 11.4 Å². The van der Waals surface area contributed by atoms with E-state index in [2.05, 4.69) is 10.3 Å². The maximum absolute atomic E-state index is 12.7. The number of hydrogen-bond donors (Lipinski definition) is 1. The zero-order valence-corrected chi connectivity index (χ0v) is 16.5.